The molecule has 20 heavy (non-hydrogen) atoms. The normalized spacial score (nSPS) is 17.1. The Morgan fingerprint density at radius 1 is 1.50 bits per heavy atom. The van der Waals surface area contributed by atoms with E-state index in [4.69, 9.17) is 20.1 Å². The van der Waals surface area contributed by atoms with Gasteiger partial charge >= 0.3 is 13.6 Å². The lowest BCUT2D eigenvalue weighted by Crippen LogP contribution is -2.41. The highest BCUT2D eigenvalue weighted by Crippen LogP contribution is 2.44. The van der Waals surface area contributed by atoms with E-state index < -0.39 is 19.1 Å². The summed E-state index contributed by atoms with van der Waals surface area (Å²) in [6.07, 6.45) is 0. The highest BCUT2D eigenvalue weighted by Gasteiger charge is 2.33. The van der Waals surface area contributed by atoms with Crippen LogP contribution < -0.4 is 15.8 Å². The molecule has 0 aliphatic carbocycles. The minimum absolute atomic E-state index is 0.0354. The van der Waals surface area contributed by atoms with E-state index >= 15 is 0 Å². The first-order valence-electron chi connectivity index (χ1n) is 5.85. The molecule has 2 unspecified atom stereocenters. The van der Waals surface area contributed by atoms with Gasteiger partial charge in [-0.15, -0.1) is 0 Å². The molecule has 7 nitrogen and oxygen atoms in total. The maximum Gasteiger partial charge on any atom is 0.362 e. The summed E-state index contributed by atoms with van der Waals surface area (Å²) in [7, 11) is -2.70. The predicted octanol–water partition coefficient (Wildman–Crippen LogP) is 0.801. The largest absolute Gasteiger partial charge is 0.496 e. The van der Waals surface area contributed by atoms with Crippen LogP contribution in [0.2, 0.25) is 0 Å². The fraction of sp³-hybridized carbons (Fsp3) is 0.417. The number of carbonyl (C=O) groups is 1. The summed E-state index contributed by atoms with van der Waals surface area (Å²) < 4.78 is 21.8. The highest BCUT2D eigenvalue weighted by atomic mass is 31.2. The van der Waals surface area contributed by atoms with E-state index in [2.05, 4.69) is 0 Å². The first kappa shape index (κ1) is 16.7. The first-order valence-corrected chi connectivity index (χ1v) is 7.43. The molecule has 4 N–H and O–H groups in total. The number of nitrogens with two attached hydrogens (primary N) is 1. The molecule has 8 heteroatoms. The van der Waals surface area contributed by atoms with Gasteiger partial charge in [0, 0.05) is 0 Å². The second-order valence-electron chi connectivity index (χ2n) is 4.33. The molecule has 1 aromatic rings. The molecule has 0 aliphatic rings. The molecule has 0 amide bonds. The van der Waals surface area contributed by atoms with Crippen molar-refractivity contribution < 1.29 is 28.6 Å². The van der Waals surface area contributed by atoms with E-state index in [9.17, 15) is 14.3 Å². The maximum absolute atomic E-state index is 12.0. The number of rotatable bonds is 6. The van der Waals surface area contributed by atoms with Crippen LogP contribution in [-0.4, -0.2) is 29.7 Å². The molecule has 0 radical (unpaired) electrons. The van der Waals surface area contributed by atoms with Crippen molar-refractivity contribution >= 4 is 18.9 Å². The van der Waals surface area contributed by atoms with E-state index in [1.165, 1.54) is 32.2 Å². The molecular formula is C12H18NO6P. The van der Waals surface area contributed by atoms with Crippen molar-refractivity contribution in [2.24, 2.45) is 5.73 Å². The van der Waals surface area contributed by atoms with Crippen LogP contribution in [0.15, 0.2) is 18.2 Å². The molecule has 2 atom stereocenters. The van der Waals surface area contributed by atoms with Crippen LogP contribution in [0.5, 0.6) is 5.75 Å². The Labute approximate surface area is 116 Å². The minimum Gasteiger partial charge on any atom is -0.496 e. The second kappa shape index (κ2) is 5.93. The molecular weight excluding hydrogens is 285 g/mol. The van der Waals surface area contributed by atoms with Crippen molar-refractivity contribution in [2.75, 3.05) is 13.7 Å². The van der Waals surface area contributed by atoms with Gasteiger partial charge in [0.05, 0.1) is 13.7 Å². The predicted molar refractivity (Wildman–Crippen MR) is 73.3 cm³/mol. The van der Waals surface area contributed by atoms with Crippen LogP contribution in [0.1, 0.15) is 19.4 Å². The quantitative estimate of drug-likeness (QED) is 0.665. The Bertz CT molecular complexity index is 557. The number of ether oxygens (including phenoxy) is 1. The number of hydrogen-bond donors (Lipinski definition) is 3. The van der Waals surface area contributed by atoms with Gasteiger partial charge in [-0.2, -0.15) is 0 Å². The minimum atomic E-state index is -4.01. The van der Waals surface area contributed by atoms with Gasteiger partial charge in [0.15, 0.2) is 0 Å². The Hall–Kier alpha value is -1.40. The van der Waals surface area contributed by atoms with E-state index in [0.717, 1.165) is 0 Å². The lowest BCUT2D eigenvalue weighted by molar-refractivity contribution is -0.143. The average Bonchev–Trinajstić information content (AvgIpc) is 2.37. The Morgan fingerprint density at radius 2 is 2.10 bits per heavy atom. The monoisotopic (exact) mass is 303 g/mol. The SMILES string of the molecule is CCOP(=O)(O)c1ccc(C(C)(N)C(=O)O)cc1OC. The van der Waals surface area contributed by atoms with Crippen molar-refractivity contribution in [2.45, 2.75) is 19.4 Å². The van der Waals surface area contributed by atoms with Crippen LogP contribution in [0.25, 0.3) is 0 Å². The number of carboxylic acid groups (broad SMARTS) is 1. The topological polar surface area (TPSA) is 119 Å². The van der Waals surface area contributed by atoms with Gasteiger partial charge in [-0.1, -0.05) is 6.07 Å². The summed E-state index contributed by atoms with van der Waals surface area (Å²) >= 11 is 0. The molecule has 0 saturated carbocycles. The molecule has 1 rings (SSSR count). The fourth-order valence-corrected chi connectivity index (χ4v) is 2.79. The molecule has 0 saturated heterocycles. The molecule has 0 fully saturated rings. The fourth-order valence-electron chi connectivity index (χ4n) is 1.60. The molecule has 0 spiro atoms. The van der Waals surface area contributed by atoms with Crippen molar-refractivity contribution in [1.82, 2.24) is 0 Å². The third-order valence-electron chi connectivity index (χ3n) is 2.83. The summed E-state index contributed by atoms with van der Waals surface area (Å²) in [6, 6.07) is 3.98. The van der Waals surface area contributed by atoms with Gasteiger partial charge < -0.3 is 25.0 Å². The third kappa shape index (κ3) is 3.19. The number of benzene rings is 1. The molecule has 112 valence electrons. The zero-order chi connectivity index (χ0) is 15.6. The Balaban J connectivity index is 3.35. The van der Waals surface area contributed by atoms with Crippen LogP contribution in [0.3, 0.4) is 0 Å². The second-order valence-corrected chi connectivity index (χ2v) is 6.11. The Kier molecular flexibility index (Phi) is 4.94. The molecule has 0 bridgehead atoms. The van der Waals surface area contributed by atoms with Crippen LogP contribution >= 0.6 is 7.60 Å². The molecule has 0 aliphatic heterocycles. The van der Waals surface area contributed by atoms with E-state index in [1.54, 1.807) is 6.92 Å². The van der Waals surface area contributed by atoms with Crippen molar-refractivity contribution in [1.29, 1.82) is 0 Å². The first-order chi connectivity index (χ1) is 9.16. The lowest BCUT2D eigenvalue weighted by atomic mass is 9.93. The summed E-state index contributed by atoms with van der Waals surface area (Å²) in [4.78, 5) is 20.9. The van der Waals surface area contributed by atoms with Gasteiger partial charge in [0.1, 0.15) is 16.6 Å². The van der Waals surface area contributed by atoms with Gasteiger partial charge in [-0.25, -0.2) is 4.79 Å². The lowest BCUT2D eigenvalue weighted by Gasteiger charge is -2.22. The van der Waals surface area contributed by atoms with E-state index in [1.807, 2.05) is 0 Å². The number of methoxy groups -OCH3 is 1. The third-order valence-corrected chi connectivity index (χ3v) is 4.42. The average molecular weight is 303 g/mol. The van der Waals surface area contributed by atoms with Gasteiger partial charge in [0.2, 0.25) is 0 Å². The van der Waals surface area contributed by atoms with Crippen LogP contribution in [0, 0.1) is 0 Å². The zero-order valence-electron chi connectivity index (χ0n) is 11.5. The zero-order valence-corrected chi connectivity index (χ0v) is 12.4. The standard InChI is InChI=1S/C12H18NO6P/c1-4-19-20(16,17)10-6-5-8(7-9(10)18-3)12(2,13)11(14)15/h5-7H,4,13H2,1-3H3,(H,14,15)(H,16,17). The molecule has 0 heterocycles. The number of carboxylic acids is 1. The number of hydrogen-bond acceptors (Lipinski definition) is 5. The molecule has 1 aromatic carbocycles. The van der Waals surface area contributed by atoms with E-state index in [0.29, 0.717) is 0 Å². The molecule has 0 aromatic heterocycles. The smallest absolute Gasteiger partial charge is 0.362 e. The summed E-state index contributed by atoms with van der Waals surface area (Å²) in [5, 5.41) is 9.04. The van der Waals surface area contributed by atoms with Crippen LogP contribution in [-0.2, 0) is 19.4 Å². The van der Waals surface area contributed by atoms with Crippen molar-refractivity contribution in [3.05, 3.63) is 23.8 Å². The van der Waals surface area contributed by atoms with E-state index in [-0.39, 0.29) is 23.2 Å². The van der Waals surface area contributed by atoms with Crippen LogP contribution in [0.4, 0.5) is 0 Å². The number of aliphatic carboxylic acids is 1. The van der Waals surface area contributed by atoms with Gasteiger partial charge in [-0.05, 0) is 31.5 Å². The van der Waals surface area contributed by atoms with Gasteiger partial charge in [0.25, 0.3) is 0 Å². The summed E-state index contributed by atoms with van der Waals surface area (Å²) in [6.45, 7) is 2.97. The maximum atomic E-state index is 12.0. The summed E-state index contributed by atoms with van der Waals surface area (Å²) in [5.74, 6) is -1.16. The Morgan fingerprint density at radius 3 is 2.55 bits per heavy atom. The van der Waals surface area contributed by atoms with Crippen molar-refractivity contribution in [3.63, 3.8) is 0 Å². The summed E-state index contributed by atoms with van der Waals surface area (Å²) in [5.41, 5.74) is 4.33. The van der Waals surface area contributed by atoms with Gasteiger partial charge in [-0.3, -0.25) is 4.57 Å². The highest BCUT2D eigenvalue weighted by molar-refractivity contribution is 7.61. The van der Waals surface area contributed by atoms with Crippen molar-refractivity contribution in [3.8, 4) is 5.75 Å².